The summed E-state index contributed by atoms with van der Waals surface area (Å²) >= 11 is 1.25. The van der Waals surface area contributed by atoms with E-state index in [1.165, 1.54) is 17.4 Å². The smallest absolute Gasteiger partial charge is 0.273 e. The van der Waals surface area contributed by atoms with Crippen molar-refractivity contribution < 1.29 is 13.9 Å². The summed E-state index contributed by atoms with van der Waals surface area (Å²) in [6.07, 6.45) is 0. The van der Waals surface area contributed by atoms with Gasteiger partial charge in [-0.05, 0) is 38.5 Å². The third kappa shape index (κ3) is 4.57. The van der Waals surface area contributed by atoms with Gasteiger partial charge in [-0.15, -0.1) is 11.3 Å². The molecule has 0 saturated carbocycles. The van der Waals surface area contributed by atoms with Gasteiger partial charge in [-0.1, -0.05) is 29.8 Å². The molecule has 0 radical (unpaired) electrons. The topological polar surface area (TPSA) is 42.4 Å². The lowest BCUT2D eigenvalue weighted by atomic mass is 10.1. The first kappa shape index (κ1) is 20.0. The summed E-state index contributed by atoms with van der Waals surface area (Å²) in [4.78, 5) is 18.3. The zero-order valence-electron chi connectivity index (χ0n) is 16.4. The predicted molar refractivity (Wildman–Crippen MR) is 110 cm³/mol. The van der Waals surface area contributed by atoms with E-state index in [-0.39, 0.29) is 11.9 Å². The molecule has 0 atom stereocenters. The summed E-state index contributed by atoms with van der Waals surface area (Å²) < 4.78 is 20.3. The average Bonchev–Trinajstić information content (AvgIpc) is 3.15. The average molecular weight is 399 g/mol. The molecule has 3 aromatic rings. The van der Waals surface area contributed by atoms with Crippen LogP contribution in [0.1, 0.15) is 35.5 Å². The van der Waals surface area contributed by atoms with Crippen molar-refractivity contribution >= 4 is 17.2 Å². The number of carbonyl (C=O) groups is 1. The van der Waals surface area contributed by atoms with Gasteiger partial charge in [0.15, 0.2) is 0 Å². The molecule has 6 heteroatoms. The Kier molecular flexibility index (Phi) is 6.09. The molecule has 1 aromatic heterocycles. The number of benzene rings is 2. The first-order valence-corrected chi connectivity index (χ1v) is 9.94. The highest BCUT2D eigenvalue weighted by atomic mass is 32.1. The molecule has 0 aliphatic rings. The largest absolute Gasteiger partial charge is 0.489 e. The van der Waals surface area contributed by atoms with Crippen LogP contribution in [-0.2, 0) is 6.61 Å². The summed E-state index contributed by atoms with van der Waals surface area (Å²) in [6.45, 7) is 6.25. The van der Waals surface area contributed by atoms with E-state index >= 15 is 0 Å². The number of carbonyl (C=O) groups excluding carboxylic acids is 1. The van der Waals surface area contributed by atoms with Gasteiger partial charge in [-0.25, -0.2) is 9.37 Å². The summed E-state index contributed by atoms with van der Waals surface area (Å²) in [5.41, 5.74) is 2.87. The van der Waals surface area contributed by atoms with Crippen LogP contribution in [-0.4, -0.2) is 28.9 Å². The molecule has 0 aliphatic carbocycles. The Balaban J connectivity index is 1.73. The standard InChI is InChI=1S/C22H23FN2O2S/c1-14(2)25(4)22(26)20-13-28-21(24-20)18-9-8-17(11-19(18)23)27-12-16-7-5-6-15(3)10-16/h5-11,13-14H,12H2,1-4H3. The van der Waals surface area contributed by atoms with Crippen molar-refractivity contribution in [3.05, 3.63) is 70.5 Å². The molecule has 0 fully saturated rings. The van der Waals surface area contributed by atoms with Gasteiger partial charge in [0.1, 0.15) is 28.9 Å². The Hall–Kier alpha value is -2.73. The number of amides is 1. The van der Waals surface area contributed by atoms with Gasteiger partial charge >= 0.3 is 0 Å². The molecule has 0 unspecified atom stereocenters. The molecule has 0 spiro atoms. The number of aryl methyl sites for hydroxylation is 1. The van der Waals surface area contributed by atoms with Gasteiger partial charge < -0.3 is 9.64 Å². The van der Waals surface area contributed by atoms with Gasteiger partial charge in [0, 0.05) is 30.1 Å². The first-order valence-electron chi connectivity index (χ1n) is 9.06. The normalized spacial score (nSPS) is 10.9. The van der Waals surface area contributed by atoms with Crippen LogP contribution in [0.25, 0.3) is 10.6 Å². The fraction of sp³-hybridized carbons (Fsp3) is 0.273. The Labute approximate surface area is 168 Å². The predicted octanol–water partition coefficient (Wildman–Crippen LogP) is 5.32. The molecule has 28 heavy (non-hydrogen) atoms. The first-order chi connectivity index (χ1) is 13.3. The van der Waals surface area contributed by atoms with Crippen LogP contribution in [0.15, 0.2) is 47.8 Å². The molecule has 4 nitrogen and oxygen atoms in total. The molecule has 2 aromatic carbocycles. The molecule has 0 N–H and O–H groups in total. The molecule has 1 amide bonds. The van der Waals surface area contributed by atoms with Crippen molar-refractivity contribution in [2.45, 2.75) is 33.4 Å². The number of hydrogen-bond acceptors (Lipinski definition) is 4. The van der Waals surface area contributed by atoms with E-state index < -0.39 is 5.82 Å². The lowest BCUT2D eigenvalue weighted by Gasteiger charge is -2.20. The maximum absolute atomic E-state index is 14.6. The zero-order valence-corrected chi connectivity index (χ0v) is 17.2. The van der Waals surface area contributed by atoms with Crippen LogP contribution in [0.2, 0.25) is 0 Å². The zero-order chi connectivity index (χ0) is 20.3. The van der Waals surface area contributed by atoms with Crippen LogP contribution in [0.5, 0.6) is 5.75 Å². The van der Waals surface area contributed by atoms with Gasteiger partial charge in [0.25, 0.3) is 5.91 Å². The third-order valence-electron chi connectivity index (χ3n) is 4.48. The van der Waals surface area contributed by atoms with Crippen molar-refractivity contribution in [1.29, 1.82) is 0 Å². The quantitative estimate of drug-likeness (QED) is 0.565. The molecular weight excluding hydrogens is 375 g/mol. The van der Waals surface area contributed by atoms with Crippen molar-refractivity contribution in [2.24, 2.45) is 0 Å². The van der Waals surface area contributed by atoms with Crippen LogP contribution in [0.4, 0.5) is 4.39 Å². The Morgan fingerprint density at radius 3 is 2.71 bits per heavy atom. The molecule has 146 valence electrons. The molecule has 3 rings (SSSR count). The number of aromatic nitrogens is 1. The van der Waals surface area contributed by atoms with E-state index in [4.69, 9.17) is 4.74 Å². The fourth-order valence-electron chi connectivity index (χ4n) is 2.64. The van der Waals surface area contributed by atoms with Gasteiger partial charge in [0.2, 0.25) is 0 Å². The number of nitrogens with zero attached hydrogens (tertiary/aromatic N) is 2. The highest BCUT2D eigenvalue weighted by molar-refractivity contribution is 7.13. The van der Waals surface area contributed by atoms with E-state index in [0.29, 0.717) is 28.6 Å². The fourth-order valence-corrected chi connectivity index (χ4v) is 3.46. The number of halogens is 1. The summed E-state index contributed by atoms with van der Waals surface area (Å²) in [7, 11) is 1.73. The van der Waals surface area contributed by atoms with Crippen LogP contribution in [0, 0.1) is 12.7 Å². The molecule has 1 heterocycles. The van der Waals surface area contributed by atoms with E-state index in [2.05, 4.69) is 4.98 Å². The van der Waals surface area contributed by atoms with E-state index in [1.807, 2.05) is 45.0 Å². The number of hydrogen-bond donors (Lipinski definition) is 0. The second-order valence-electron chi connectivity index (χ2n) is 6.97. The monoisotopic (exact) mass is 398 g/mol. The van der Waals surface area contributed by atoms with Crippen LogP contribution >= 0.6 is 11.3 Å². The Morgan fingerprint density at radius 2 is 2.04 bits per heavy atom. The number of rotatable bonds is 6. The van der Waals surface area contributed by atoms with Crippen molar-refractivity contribution in [2.75, 3.05) is 7.05 Å². The highest BCUT2D eigenvalue weighted by Gasteiger charge is 2.19. The molecule has 0 aliphatic heterocycles. The Bertz CT molecular complexity index is 984. The second-order valence-corrected chi connectivity index (χ2v) is 7.83. The van der Waals surface area contributed by atoms with E-state index in [1.54, 1.807) is 29.5 Å². The SMILES string of the molecule is Cc1cccc(COc2ccc(-c3nc(C(=O)N(C)C(C)C)cs3)c(F)c2)c1. The van der Waals surface area contributed by atoms with Crippen LogP contribution in [0.3, 0.4) is 0 Å². The minimum Gasteiger partial charge on any atom is -0.489 e. The van der Waals surface area contributed by atoms with Crippen molar-refractivity contribution in [3.8, 4) is 16.3 Å². The highest BCUT2D eigenvalue weighted by Crippen LogP contribution is 2.29. The van der Waals surface area contributed by atoms with Crippen LogP contribution < -0.4 is 4.74 Å². The molecule has 0 saturated heterocycles. The molecule has 0 bridgehead atoms. The van der Waals surface area contributed by atoms with Crippen molar-refractivity contribution in [3.63, 3.8) is 0 Å². The summed E-state index contributed by atoms with van der Waals surface area (Å²) in [6, 6.07) is 12.8. The van der Waals surface area contributed by atoms with E-state index in [9.17, 15) is 9.18 Å². The Morgan fingerprint density at radius 1 is 1.25 bits per heavy atom. The van der Waals surface area contributed by atoms with E-state index in [0.717, 1.165) is 11.1 Å². The minimum atomic E-state index is -0.424. The minimum absolute atomic E-state index is 0.0687. The molecular formula is C22H23FN2O2S. The summed E-state index contributed by atoms with van der Waals surface area (Å²) in [5, 5.41) is 2.14. The maximum Gasteiger partial charge on any atom is 0.273 e. The second kappa shape index (κ2) is 8.52. The maximum atomic E-state index is 14.6. The number of ether oxygens (including phenoxy) is 1. The number of thiazole rings is 1. The van der Waals surface area contributed by atoms with Crippen molar-refractivity contribution in [1.82, 2.24) is 9.88 Å². The van der Waals surface area contributed by atoms with Gasteiger partial charge in [-0.3, -0.25) is 4.79 Å². The summed E-state index contributed by atoms with van der Waals surface area (Å²) in [5.74, 6) is -0.140. The lowest BCUT2D eigenvalue weighted by molar-refractivity contribution is 0.0750. The lowest BCUT2D eigenvalue weighted by Crippen LogP contribution is -2.33. The third-order valence-corrected chi connectivity index (χ3v) is 5.35. The van der Waals surface area contributed by atoms with Gasteiger partial charge in [0.05, 0.1) is 0 Å². The van der Waals surface area contributed by atoms with Gasteiger partial charge in [-0.2, -0.15) is 0 Å².